The van der Waals surface area contributed by atoms with Gasteiger partial charge < -0.3 is 19.9 Å². The Morgan fingerprint density at radius 1 is 1.14 bits per heavy atom. The number of ether oxygens (including phenoxy) is 1. The van der Waals surface area contributed by atoms with Gasteiger partial charge in [0.25, 0.3) is 0 Å². The Kier molecular flexibility index (Phi) is 7.10. The van der Waals surface area contributed by atoms with Gasteiger partial charge in [0.1, 0.15) is 18.4 Å². The maximum absolute atomic E-state index is 9.81. The topological polar surface area (TPSA) is 80.2 Å². The first-order valence-corrected chi connectivity index (χ1v) is 12.5. The molecule has 0 atom stereocenters. The van der Waals surface area contributed by atoms with Crippen molar-refractivity contribution in [1.29, 1.82) is 5.26 Å². The summed E-state index contributed by atoms with van der Waals surface area (Å²) in [5.41, 5.74) is 5.74. The van der Waals surface area contributed by atoms with Crippen LogP contribution in [0.2, 0.25) is 5.02 Å². The van der Waals surface area contributed by atoms with Gasteiger partial charge in [-0.3, -0.25) is 9.88 Å². The molecule has 0 spiro atoms. The number of hydrogen-bond donors (Lipinski definition) is 2. The Labute approximate surface area is 216 Å². The maximum atomic E-state index is 9.81. The second-order valence-corrected chi connectivity index (χ2v) is 9.57. The van der Waals surface area contributed by atoms with Gasteiger partial charge in [0.15, 0.2) is 0 Å². The number of aryl methyl sites for hydroxylation is 1. The number of rotatable bonds is 7. The van der Waals surface area contributed by atoms with Crippen molar-refractivity contribution in [3.05, 3.63) is 71.1 Å². The van der Waals surface area contributed by atoms with E-state index in [0.29, 0.717) is 22.9 Å². The summed E-state index contributed by atoms with van der Waals surface area (Å²) in [6.45, 7) is 7.98. The zero-order valence-electron chi connectivity index (χ0n) is 20.5. The third-order valence-corrected chi connectivity index (χ3v) is 7.13. The van der Waals surface area contributed by atoms with Crippen molar-refractivity contribution in [2.75, 3.05) is 51.7 Å². The molecule has 1 saturated heterocycles. The SMILES string of the molecule is Cc1c(Nc2c(C#N)cncc2-c2ccc(OCCN3CCN(C)CC3)cc2)cc(Cl)c2[nH]ccc12. The van der Waals surface area contributed by atoms with Crippen LogP contribution < -0.4 is 10.1 Å². The van der Waals surface area contributed by atoms with Crippen LogP contribution in [-0.4, -0.2) is 66.1 Å². The molecule has 0 unspecified atom stereocenters. The summed E-state index contributed by atoms with van der Waals surface area (Å²) in [5.74, 6) is 0.826. The molecule has 0 amide bonds. The van der Waals surface area contributed by atoms with E-state index in [-0.39, 0.29) is 0 Å². The number of pyridine rings is 1. The second kappa shape index (κ2) is 10.6. The monoisotopic (exact) mass is 500 g/mol. The van der Waals surface area contributed by atoms with E-state index in [1.54, 1.807) is 12.4 Å². The maximum Gasteiger partial charge on any atom is 0.119 e. The van der Waals surface area contributed by atoms with Gasteiger partial charge in [0.2, 0.25) is 0 Å². The van der Waals surface area contributed by atoms with E-state index in [2.05, 4.69) is 38.2 Å². The van der Waals surface area contributed by atoms with Crippen LogP contribution in [-0.2, 0) is 0 Å². The molecule has 1 aliphatic rings. The molecule has 0 radical (unpaired) electrons. The third kappa shape index (κ3) is 5.02. The number of aromatic nitrogens is 2. The van der Waals surface area contributed by atoms with E-state index in [4.69, 9.17) is 16.3 Å². The number of fused-ring (bicyclic) bond motifs is 1. The number of hydrogen-bond acceptors (Lipinski definition) is 6. The molecule has 3 heterocycles. The summed E-state index contributed by atoms with van der Waals surface area (Å²) in [5, 5.41) is 14.9. The average Bonchev–Trinajstić information content (AvgIpc) is 3.40. The number of anilines is 2. The fourth-order valence-corrected chi connectivity index (χ4v) is 4.86. The molecular weight excluding hydrogens is 472 g/mol. The van der Waals surface area contributed by atoms with Gasteiger partial charge in [-0.15, -0.1) is 0 Å². The zero-order valence-corrected chi connectivity index (χ0v) is 21.3. The predicted octanol–water partition coefficient (Wildman–Crippen LogP) is 5.43. The van der Waals surface area contributed by atoms with Crippen LogP contribution >= 0.6 is 11.6 Å². The van der Waals surface area contributed by atoms with Crippen LogP contribution in [0.3, 0.4) is 0 Å². The van der Waals surface area contributed by atoms with E-state index in [0.717, 1.165) is 71.8 Å². The summed E-state index contributed by atoms with van der Waals surface area (Å²) in [6.07, 6.45) is 5.23. The molecule has 2 N–H and O–H groups in total. The van der Waals surface area contributed by atoms with Gasteiger partial charge in [-0.2, -0.15) is 5.26 Å². The minimum absolute atomic E-state index is 0.463. The Bertz CT molecular complexity index is 1400. The van der Waals surface area contributed by atoms with E-state index >= 15 is 0 Å². The fourth-order valence-electron chi connectivity index (χ4n) is 4.59. The van der Waals surface area contributed by atoms with E-state index in [1.807, 2.05) is 49.5 Å². The number of nitrogens with zero attached hydrogens (tertiary/aromatic N) is 4. The first-order valence-electron chi connectivity index (χ1n) is 12.1. The lowest BCUT2D eigenvalue weighted by molar-refractivity contribution is 0.134. The van der Waals surface area contributed by atoms with Crippen molar-refractivity contribution in [3.8, 4) is 22.9 Å². The minimum Gasteiger partial charge on any atom is -0.492 e. The normalized spacial score (nSPS) is 14.6. The summed E-state index contributed by atoms with van der Waals surface area (Å²) in [4.78, 5) is 12.3. The van der Waals surface area contributed by atoms with Crippen LogP contribution in [0.1, 0.15) is 11.1 Å². The molecule has 5 rings (SSSR count). The van der Waals surface area contributed by atoms with Gasteiger partial charge in [-0.05, 0) is 49.4 Å². The highest BCUT2D eigenvalue weighted by molar-refractivity contribution is 6.35. The number of nitrogens with one attached hydrogen (secondary N) is 2. The number of benzene rings is 2. The smallest absolute Gasteiger partial charge is 0.119 e. The number of nitriles is 1. The Morgan fingerprint density at radius 2 is 1.92 bits per heavy atom. The van der Waals surface area contributed by atoms with Crippen molar-refractivity contribution in [3.63, 3.8) is 0 Å². The van der Waals surface area contributed by atoms with Gasteiger partial charge in [0.05, 0.1) is 21.8 Å². The number of aromatic amines is 1. The highest BCUT2D eigenvalue weighted by Crippen LogP contribution is 2.37. The summed E-state index contributed by atoms with van der Waals surface area (Å²) < 4.78 is 6.00. The van der Waals surface area contributed by atoms with E-state index in [1.165, 1.54) is 0 Å². The highest BCUT2D eigenvalue weighted by Gasteiger charge is 2.16. The first-order chi connectivity index (χ1) is 17.5. The fraction of sp³-hybridized carbons (Fsp3) is 0.286. The van der Waals surface area contributed by atoms with Crippen molar-refractivity contribution in [2.45, 2.75) is 6.92 Å². The van der Waals surface area contributed by atoms with Crippen LogP contribution in [0, 0.1) is 18.3 Å². The van der Waals surface area contributed by atoms with Crippen LogP contribution in [0.4, 0.5) is 11.4 Å². The molecule has 1 aliphatic heterocycles. The Morgan fingerprint density at radius 3 is 2.67 bits per heavy atom. The number of likely N-dealkylation sites (N-methyl/N-ethyl adjacent to an activating group) is 1. The molecular formula is C28H29ClN6O. The second-order valence-electron chi connectivity index (χ2n) is 9.16. The Hall–Kier alpha value is -3.57. The number of H-pyrrole nitrogens is 1. The number of halogens is 1. The van der Waals surface area contributed by atoms with Crippen LogP contribution in [0.15, 0.2) is 55.0 Å². The van der Waals surface area contributed by atoms with Crippen molar-refractivity contribution in [2.24, 2.45) is 0 Å². The highest BCUT2D eigenvalue weighted by atomic mass is 35.5. The molecule has 8 heteroatoms. The van der Waals surface area contributed by atoms with E-state index in [9.17, 15) is 5.26 Å². The quantitative estimate of drug-likeness (QED) is 0.352. The lowest BCUT2D eigenvalue weighted by atomic mass is 10.0. The van der Waals surface area contributed by atoms with Crippen LogP contribution in [0.5, 0.6) is 5.75 Å². The molecule has 1 fully saturated rings. The van der Waals surface area contributed by atoms with Crippen molar-refractivity contribution >= 4 is 33.9 Å². The molecule has 0 saturated carbocycles. The van der Waals surface area contributed by atoms with Crippen LogP contribution in [0.25, 0.3) is 22.0 Å². The van der Waals surface area contributed by atoms with Gasteiger partial charge in [-0.25, -0.2) is 0 Å². The molecule has 2 aromatic heterocycles. The molecule has 0 aliphatic carbocycles. The lowest BCUT2D eigenvalue weighted by Crippen LogP contribution is -2.45. The third-order valence-electron chi connectivity index (χ3n) is 6.83. The Balaban J connectivity index is 1.35. The molecule has 184 valence electrons. The van der Waals surface area contributed by atoms with Gasteiger partial charge in [0, 0.05) is 68.0 Å². The van der Waals surface area contributed by atoms with Gasteiger partial charge in [-0.1, -0.05) is 23.7 Å². The molecule has 7 nitrogen and oxygen atoms in total. The average molecular weight is 501 g/mol. The van der Waals surface area contributed by atoms with Crippen molar-refractivity contribution < 1.29 is 4.74 Å². The molecule has 2 aromatic carbocycles. The largest absolute Gasteiger partial charge is 0.492 e. The molecule has 4 aromatic rings. The summed E-state index contributed by atoms with van der Waals surface area (Å²) >= 11 is 6.52. The number of piperazine rings is 1. The van der Waals surface area contributed by atoms with E-state index < -0.39 is 0 Å². The summed E-state index contributed by atoms with van der Waals surface area (Å²) in [7, 11) is 2.16. The molecule has 36 heavy (non-hydrogen) atoms. The standard InChI is InChI=1S/C28H29ClN6O/c1-19-23-7-8-32-28(23)25(29)15-26(19)33-27-21(16-30)17-31-18-24(27)20-3-5-22(6-4-20)36-14-13-35-11-9-34(2)10-12-35/h3-8,15,17-18,32H,9-14H2,1-2H3,(H,31,33). The summed E-state index contributed by atoms with van der Waals surface area (Å²) in [6, 6.07) is 14.1. The zero-order chi connectivity index (χ0) is 25.1. The molecule has 0 bridgehead atoms. The predicted molar refractivity (Wildman–Crippen MR) is 145 cm³/mol. The minimum atomic E-state index is 0.463. The lowest BCUT2D eigenvalue weighted by Gasteiger charge is -2.32. The van der Waals surface area contributed by atoms with Crippen molar-refractivity contribution in [1.82, 2.24) is 19.8 Å². The van der Waals surface area contributed by atoms with Gasteiger partial charge >= 0.3 is 0 Å². The first kappa shape index (κ1) is 24.1.